The number of carbonyl (C=O) groups is 1. The number of nitriles is 1. The molecule has 0 aliphatic heterocycles. The van der Waals surface area contributed by atoms with Crippen molar-refractivity contribution in [2.24, 2.45) is 0 Å². The molecular weight excluding hydrogens is 272 g/mol. The summed E-state index contributed by atoms with van der Waals surface area (Å²) in [4.78, 5) is 12.6. The lowest BCUT2D eigenvalue weighted by atomic mass is 10.2. The van der Waals surface area contributed by atoms with Gasteiger partial charge in [-0.05, 0) is 25.7 Å². The number of carbonyl (C=O) groups excluding carboxylic acids is 1. The average Bonchev–Trinajstić information content (AvgIpc) is 2.98. The number of hydrogen-bond acceptors (Lipinski definition) is 5. The number of nitrogen functional groups attached to an aromatic ring is 1. The molecule has 0 atom stereocenters. The van der Waals surface area contributed by atoms with Crippen LogP contribution in [0.1, 0.15) is 53.8 Å². The van der Waals surface area contributed by atoms with Crippen molar-refractivity contribution in [2.75, 3.05) is 11.1 Å². The third kappa shape index (κ3) is 2.59. The number of amides is 1. The highest BCUT2D eigenvalue weighted by atomic mass is 32.1. The maximum absolute atomic E-state index is 12.1. The fourth-order valence-corrected chi connectivity index (χ4v) is 3.61. The predicted octanol–water partition coefficient (Wildman–Crippen LogP) is 2.45. The second-order valence-electron chi connectivity index (χ2n) is 5.53. The van der Waals surface area contributed by atoms with Crippen molar-refractivity contribution in [1.82, 2.24) is 5.32 Å². The maximum atomic E-state index is 12.1. The number of thiophene rings is 1. The van der Waals surface area contributed by atoms with Crippen LogP contribution >= 0.6 is 11.3 Å². The van der Waals surface area contributed by atoms with Crippen LogP contribution in [0.4, 0.5) is 10.7 Å². The van der Waals surface area contributed by atoms with E-state index in [0.29, 0.717) is 28.2 Å². The van der Waals surface area contributed by atoms with Crippen LogP contribution in [0.2, 0.25) is 0 Å². The minimum atomic E-state index is -0.147. The van der Waals surface area contributed by atoms with Crippen LogP contribution in [0.25, 0.3) is 0 Å². The molecule has 2 aliphatic rings. The van der Waals surface area contributed by atoms with Crippen LogP contribution in [-0.2, 0) is 0 Å². The van der Waals surface area contributed by atoms with Crippen molar-refractivity contribution in [3.63, 3.8) is 0 Å². The van der Waals surface area contributed by atoms with E-state index in [1.165, 1.54) is 24.2 Å². The van der Waals surface area contributed by atoms with Gasteiger partial charge in [0.1, 0.15) is 21.5 Å². The number of rotatable bonds is 4. The Hall–Kier alpha value is -1.74. The Bertz CT molecular complexity index is 564. The molecule has 0 unspecified atom stereocenters. The highest BCUT2D eigenvalue weighted by molar-refractivity contribution is 7.19. The van der Waals surface area contributed by atoms with Crippen LogP contribution in [0.5, 0.6) is 0 Å². The van der Waals surface area contributed by atoms with Gasteiger partial charge in [-0.15, -0.1) is 11.3 Å². The van der Waals surface area contributed by atoms with Gasteiger partial charge in [0.25, 0.3) is 5.91 Å². The molecule has 20 heavy (non-hydrogen) atoms. The second kappa shape index (κ2) is 5.33. The number of nitrogens with one attached hydrogen (secondary N) is 2. The van der Waals surface area contributed by atoms with Crippen LogP contribution in [-0.4, -0.2) is 18.0 Å². The molecule has 6 heteroatoms. The maximum Gasteiger partial charge on any atom is 0.263 e. The Labute approximate surface area is 122 Å². The largest absolute Gasteiger partial charge is 0.396 e. The van der Waals surface area contributed by atoms with Gasteiger partial charge in [-0.2, -0.15) is 5.26 Å². The van der Waals surface area contributed by atoms with Crippen LogP contribution < -0.4 is 16.4 Å². The number of anilines is 2. The van der Waals surface area contributed by atoms with Crippen molar-refractivity contribution >= 4 is 27.9 Å². The molecule has 2 fully saturated rings. The first-order chi connectivity index (χ1) is 9.69. The molecular formula is C14H18N4OS. The Morgan fingerprint density at radius 2 is 1.95 bits per heavy atom. The Morgan fingerprint density at radius 3 is 2.55 bits per heavy atom. The van der Waals surface area contributed by atoms with Crippen molar-refractivity contribution in [1.29, 1.82) is 5.26 Å². The van der Waals surface area contributed by atoms with Gasteiger partial charge < -0.3 is 16.4 Å². The van der Waals surface area contributed by atoms with E-state index in [2.05, 4.69) is 16.7 Å². The summed E-state index contributed by atoms with van der Waals surface area (Å²) >= 11 is 1.30. The normalized spacial score (nSPS) is 18.8. The van der Waals surface area contributed by atoms with Gasteiger partial charge in [0.2, 0.25) is 0 Å². The summed E-state index contributed by atoms with van der Waals surface area (Å²) < 4.78 is 0. The summed E-state index contributed by atoms with van der Waals surface area (Å²) in [6.07, 6.45) is 6.74. The molecule has 1 heterocycles. The molecule has 1 amide bonds. The minimum Gasteiger partial charge on any atom is -0.396 e. The van der Waals surface area contributed by atoms with E-state index in [1.54, 1.807) is 0 Å². The molecule has 0 radical (unpaired) electrons. The molecule has 4 N–H and O–H groups in total. The second-order valence-corrected chi connectivity index (χ2v) is 6.55. The third-order valence-corrected chi connectivity index (χ3v) is 5.00. The molecule has 2 saturated carbocycles. The molecule has 5 nitrogen and oxygen atoms in total. The lowest BCUT2D eigenvalue weighted by Gasteiger charge is -2.11. The van der Waals surface area contributed by atoms with E-state index in [4.69, 9.17) is 5.73 Å². The summed E-state index contributed by atoms with van der Waals surface area (Å²) in [5, 5.41) is 16.3. The SMILES string of the molecule is N#Cc1c(NC2CCCC2)sc(C(=O)NC2CC2)c1N. The molecule has 1 aromatic rings. The first-order valence-electron chi connectivity index (χ1n) is 7.08. The zero-order valence-corrected chi connectivity index (χ0v) is 12.1. The fraction of sp³-hybridized carbons (Fsp3) is 0.571. The van der Waals surface area contributed by atoms with E-state index in [-0.39, 0.29) is 5.91 Å². The molecule has 1 aromatic heterocycles. The number of hydrogen-bond donors (Lipinski definition) is 3. The first-order valence-corrected chi connectivity index (χ1v) is 7.90. The lowest BCUT2D eigenvalue weighted by molar-refractivity contribution is 0.0956. The van der Waals surface area contributed by atoms with Gasteiger partial charge in [0.05, 0.1) is 5.69 Å². The first kappa shape index (κ1) is 13.3. The predicted molar refractivity (Wildman–Crippen MR) is 79.8 cm³/mol. The van der Waals surface area contributed by atoms with Gasteiger partial charge in [0.15, 0.2) is 0 Å². The molecule has 0 spiro atoms. The molecule has 2 aliphatic carbocycles. The summed E-state index contributed by atoms with van der Waals surface area (Å²) in [6.45, 7) is 0. The van der Waals surface area contributed by atoms with Gasteiger partial charge >= 0.3 is 0 Å². The van der Waals surface area contributed by atoms with Crippen LogP contribution in [0.15, 0.2) is 0 Å². The molecule has 0 aromatic carbocycles. The third-order valence-electron chi connectivity index (χ3n) is 3.87. The van der Waals surface area contributed by atoms with Crippen molar-refractivity contribution in [3.8, 4) is 6.07 Å². The Balaban J connectivity index is 1.81. The topological polar surface area (TPSA) is 90.9 Å². The Kier molecular flexibility index (Phi) is 3.53. The van der Waals surface area contributed by atoms with Crippen LogP contribution in [0.3, 0.4) is 0 Å². The van der Waals surface area contributed by atoms with E-state index >= 15 is 0 Å². The minimum absolute atomic E-state index is 0.147. The van der Waals surface area contributed by atoms with E-state index < -0.39 is 0 Å². The zero-order valence-electron chi connectivity index (χ0n) is 11.2. The highest BCUT2D eigenvalue weighted by Crippen LogP contribution is 2.37. The smallest absolute Gasteiger partial charge is 0.263 e. The van der Waals surface area contributed by atoms with E-state index in [1.807, 2.05) is 0 Å². The fourth-order valence-electron chi connectivity index (χ4n) is 2.56. The molecule has 3 rings (SSSR count). The summed E-state index contributed by atoms with van der Waals surface area (Å²) in [7, 11) is 0. The highest BCUT2D eigenvalue weighted by Gasteiger charge is 2.28. The quantitative estimate of drug-likeness (QED) is 0.794. The summed E-state index contributed by atoms with van der Waals surface area (Å²) in [5.74, 6) is -0.147. The van der Waals surface area contributed by atoms with Gasteiger partial charge in [0, 0.05) is 12.1 Å². The zero-order chi connectivity index (χ0) is 14.1. The monoisotopic (exact) mass is 290 g/mol. The van der Waals surface area contributed by atoms with Crippen molar-refractivity contribution in [3.05, 3.63) is 10.4 Å². The Morgan fingerprint density at radius 1 is 1.25 bits per heavy atom. The molecule has 106 valence electrons. The van der Waals surface area contributed by atoms with Gasteiger partial charge in [-0.3, -0.25) is 4.79 Å². The molecule has 0 bridgehead atoms. The van der Waals surface area contributed by atoms with Crippen molar-refractivity contribution < 1.29 is 4.79 Å². The van der Waals surface area contributed by atoms with E-state index in [0.717, 1.165) is 30.7 Å². The average molecular weight is 290 g/mol. The molecule has 0 saturated heterocycles. The summed E-state index contributed by atoms with van der Waals surface area (Å²) in [5.41, 5.74) is 6.71. The van der Waals surface area contributed by atoms with E-state index in [9.17, 15) is 10.1 Å². The van der Waals surface area contributed by atoms with Gasteiger partial charge in [-0.1, -0.05) is 12.8 Å². The van der Waals surface area contributed by atoms with Crippen LogP contribution in [0, 0.1) is 11.3 Å². The number of nitrogens with zero attached hydrogens (tertiary/aromatic N) is 1. The number of nitrogens with two attached hydrogens (primary N) is 1. The van der Waals surface area contributed by atoms with Gasteiger partial charge in [-0.25, -0.2) is 0 Å². The summed E-state index contributed by atoms with van der Waals surface area (Å²) in [6, 6.07) is 2.82. The standard InChI is InChI=1S/C14H18N4OS/c15-7-10-11(16)12(13(19)17-9-5-6-9)20-14(10)18-8-3-1-2-4-8/h8-9,18H,1-6,16H2,(H,17,19). The van der Waals surface area contributed by atoms with Crippen molar-refractivity contribution in [2.45, 2.75) is 50.6 Å². The lowest BCUT2D eigenvalue weighted by Crippen LogP contribution is -2.25.